The fraction of sp³-hybridized carbons (Fsp3) is 0.500. The van der Waals surface area contributed by atoms with Crippen LogP contribution in [0.3, 0.4) is 0 Å². The van der Waals surface area contributed by atoms with Crippen molar-refractivity contribution in [3.63, 3.8) is 0 Å². The van der Waals surface area contributed by atoms with Crippen molar-refractivity contribution in [2.75, 3.05) is 13.6 Å². The minimum absolute atomic E-state index is 0.0654. The van der Waals surface area contributed by atoms with Crippen LogP contribution in [-0.4, -0.2) is 24.2 Å². The molecule has 0 amide bonds. The highest BCUT2D eigenvalue weighted by molar-refractivity contribution is 6.31. The Hall–Kier alpha value is -1.29. The maximum Gasteiger partial charge on any atom is 0.0602 e. The molecule has 1 saturated carbocycles. The maximum atomic E-state index is 6.55. The van der Waals surface area contributed by atoms with Crippen LogP contribution < -0.4 is 10.6 Å². The zero-order valence-corrected chi connectivity index (χ0v) is 15.2. The van der Waals surface area contributed by atoms with Crippen molar-refractivity contribution in [1.29, 1.82) is 0 Å². The number of aryl methyl sites for hydroxylation is 1. The highest BCUT2D eigenvalue weighted by atomic mass is 35.5. The number of aromatic nitrogens is 1. The van der Waals surface area contributed by atoms with Crippen molar-refractivity contribution in [1.82, 2.24) is 15.2 Å². The van der Waals surface area contributed by atoms with Crippen molar-refractivity contribution >= 4 is 11.6 Å². The van der Waals surface area contributed by atoms with Crippen LogP contribution >= 0.6 is 11.6 Å². The standard InChI is InChI=1S/C20H28ClN3/c1-22-20(17-9-2-3-10-18(17)21)12-5-4-11-19(20)23-13-8-16-24-14-6-7-15-24/h2-3,6-7,9-10,14-15,19,22-23H,4-5,8,11-13,16H2,1H3. The fourth-order valence-electron chi connectivity index (χ4n) is 4.09. The summed E-state index contributed by atoms with van der Waals surface area (Å²) in [4.78, 5) is 0. The van der Waals surface area contributed by atoms with Crippen LogP contribution in [0.5, 0.6) is 0 Å². The van der Waals surface area contributed by atoms with E-state index in [1.807, 2.05) is 12.1 Å². The number of hydrogen-bond donors (Lipinski definition) is 2. The number of hydrogen-bond acceptors (Lipinski definition) is 2. The van der Waals surface area contributed by atoms with Crippen LogP contribution in [0.25, 0.3) is 0 Å². The Balaban J connectivity index is 1.68. The molecule has 0 bridgehead atoms. The Kier molecular flexibility index (Phi) is 5.99. The molecule has 1 heterocycles. The second-order valence-electron chi connectivity index (χ2n) is 6.73. The van der Waals surface area contributed by atoms with E-state index in [9.17, 15) is 0 Å². The van der Waals surface area contributed by atoms with Gasteiger partial charge in [-0.1, -0.05) is 42.6 Å². The van der Waals surface area contributed by atoms with E-state index in [0.717, 1.165) is 31.0 Å². The lowest BCUT2D eigenvalue weighted by Gasteiger charge is -2.45. The molecular weight excluding hydrogens is 318 g/mol. The average molecular weight is 346 g/mol. The van der Waals surface area contributed by atoms with Crippen LogP contribution in [0.15, 0.2) is 48.8 Å². The van der Waals surface area contributed by atoms with Gasteiger partial charge in [-0.3, -0.25) is 0 Å². The zero-order chi connectivity index (χ0) is 16.8. The monoisotopic (exact) mass is 345 g/mol. The number of halogens is 1. The summed E-state index contributed by atoms with van der Waals surface area (Å²) in [5.74, 6) is 0. The molecule has 1 aliphatic rings. The number of rotatable bonds is 7. The summed E-state index contributed by atoms with van der Waals surface area (Å²) >= 11 is 6.55. The van der Waals surface area contributed by atoms with Gasteiger partial charge in [0.25, 0.3) is 0 Å². The van der Waals surface area contributed by atoms with Gasteiger partial charge in [0.2, 0.25) is 0 Å². The topological polar surface area (TPSA) is 29.0 Å². The lowest BCUT2D eigenvalue weighted by atomic mass is 9.72. The Morgan fingerprint density at radius 1 is 1.17 bits per heavy atom. The normalized spacial score (nSPS) is 24.2. The molecule has 3 rings (SSSR count). The molecule has 1 fully saturated rings. The molecule has 130 valence electrons. The smallest absolute Gasteiger partial charge is 0.0602 e. The van der Waals surface area contributed by atoms with Gasteiger partial charge in [-0.25, -0.2) is 0 Å². The first-order valence-corrected chi connectivity index (χ1v) is 9.42. The molecule has 3 nitrogen and oxygen atoms in total. The quantitative estimate of drug-likeness (QED) is 0.737. The molecule has 1 aromatic carbocycles. The van der Waals surface area contributed by atoms with E-state index in [1.165, 1.54) is 24.8 Å². The lowest BCUT2D eigenvalue weighted by molar-refractivity contribution is 0.177. The summed E-state index contributed by atoms with van der Waals surface area (Å²) in [5, 5.41) is 8.31. The van der Waals surface area contributed by atoms with Crippen LogP contribution in [0.4, 0.5) is 0 Å². The molecule has 24 heavy (non-hydrogen) atoms. The van der Waals surface area contributed by atoms with E-state index in [0.29, 0.717) is 6.04 Å². The summed E-state index contributed by atoms with van der Waals surface area (Å²) in [5.41, 5.74) is 1.17. The second-order valence-corrected chi connectivity index (χ2v) is 7.14. The fourth-order valence-corrected chi connectivity index (χ4v) is 4.39. The van der Waals surface area contributed by atoms with Gasteiger partial charge in [-0.15, -0.1) is 0 Å². The summed E-state index contributed by atoms with van der Waals surface area (Å²) in [7, 11) is 2.07. The molecule has 0 radical (unpaired) electrons. The predicted octanol–water partition coefficient (Wildman–Crippen LogP) is 4.18. The second kappa shape index (κ2) is 8.19. The van der Waals surface area contributed by atoms with Gasteiger partial charge in [0.05, 0.1) is 5.54 Å². The molecule has 0 saturated heterocycles. The average Bonchev–Trinajstić information content (AvgIpc) is 3.13. The van der Waals surface area contributed by atoms with Crippen molar-refractivity contribution in [2.24, 2.45) is 0 Å². The molecule has 1 aromatic heterocycles. The Morgan fingerprint density at radius 2 is 1.96 bits per heavy atom. The van der Waals surface area contributed by atoms with E-state index in [-0.39, 0.29) is 5.54 Å². The van der Waals surface area contributed by atoms with E-state index < -0.39 is 0 Å². The first-order valence-electron chi connectivity index (χ1n) is 9.04. The van der Waals surface area contributed by atoms with Crippen molar-refractivity contribution in [3.8, 4) is 0 Å². The molecule has 2 atom stereocenters. The van der Waals surface area contributed by atoms with Crippen LogP contribution in [0, 0.1) is 0 Å². The summed E-state index contributed by atoms with van der Waals surface area (Å²) in [6, 6.07) is 12.9. The van der Waals surface area contributed by atoms with Gasteiger partial charge >= 0.3 is 0 Å². The number of nitrogens with zero attached hydrogens (tertiary/aromatic N) is 1. The van der Waals surface area contributed by atoms with E-state index in [1.54, 1.807) is 0 Å². The molecule has 2 unspecified atom stereocenters. The van der Waals surface area contributed by atoms with Gasteiger partial charge in [0, 0.05) is 30.0 Å². The minimum atomic E-state index is -0.0654. The van der Waals surface area contributed by atoms with Crippen molar-refractivity contribution in [2.45, 2.75) is 50.2 Å². The lowest BCUT2D eigenvalue weighted by Crippen LogP contribution is -2.58. The zero-order valence-electron chi connectivity index (χ0n) is 14.5. The Morgan fingerprint density at radius 3 is 2.71 bits per heavy atom. The molecular formula is C20H28ClN3. The van der Waals surface area contributed by atoms with E-state index >= 15 is 0 Å². The van der Waals surface area contributed by atoms with Crippen molar-refractivity contribution in [3.05, 3.63) is 59.4 Å². The predicted molar refractivity (Wildman–Crippen MR) is 101 cm³/mol. The molecule has 0 spiro atoms. The van der Waals surface area contributed by atoms with Gasteiger partial charge in [0.15, 0.2) is 0 Å². The Bertz CT molecular complexity index is 626. The van der Waals surface area contributed by atoms with Gasteiger partial charge in [-0.2, -0.15) is 0 Å². The van der Waals surface area contributed by atoms with Crippen molar-refractivity contribution < 1.29 is 0 Å². The first kappa shape index (κ1) is 17.5. The van der Waals surface area contributed by atoms with E-state index in [2.05, 4.69) is 58.9 Å². The number of benzene rings is 1. The molecule has 4 heteroatoms. The summed E-state index contributed by atoms with van der Waals surface area (Å²) in [6.07, 6.45) is 10.2. The Labute approximate surface area is 150 Å². The highest BCUT2D eigenvalue weighted by Gasteiger charge is 2.41. The third-order valence-corrected chi connectivity index (χ3v) is 5.69. The number of nitrogens with one attached hydrogen (secondary N) is 2. The highest BCUT2D eigenvalue weighted by Crippen LogP contribution is 2.40. The summed E-state index contributed by atoms with van der Waals surface area (Å²) in [6.45, 7) is 2.09. The molecule has 0 aliphatic heterocycles. The minimum Gasteiger partial charge on any atom is -0.354 e. The van der Waals surface area contributed by atoms with Gasteiger partial charge in [-0.05, 0) is 56.6 Å². The largest absolute Gasteiger partial charge is 0.354 e. The molecule has 2 aromatic rings. The van der Waals surface area contributed by atoms with E-state index in [4.69, 9.17) is 11.6 Å². The summed E-state index contributed by atoms with van der Waals surface area (Å²) < 4.78 is 2.24. The third kappa shape index (κ3) is 3.69. The third-order valence-electron chi connectivity index (χ3n) is 5.36. The van der Waals surface area contributed by atoms with Crippen LogP contribution in [0.2, 0.25) is 5.02 Å². The van der Waals surface area contributed by atoms with Crippen LogP contribution in [0.1, 0.15) is 37.7 Å². The molecule has 1 aliphatic carbocycles. The molecule has 2 N–H and O–H groups in total. The first-order chi connectivity index (χ1) is 11.8. The van der Waals surface area contributed by atoms with Gasteiger partial charge in [0.1, 0.15) is 0 Å². The number of likely N-dealkylation sites (N-methyl/N-ethyl adjacent to an activating group) is 1. The SMILES string of the molecule is CNC1(c2ccccc2Cl)CCCCC1NCCCn1cccc1. The van der Waals surface area contributed by atoms with Gasteiger partial charge < -0.3 is 15.2 Å². The van der Waals surface area contributed by atoms with Crippen LogP contribution in [-0.2, 0) is 12.1 Å². The maximum absolute atomic E-state index is 6.55.